The number of thiazole rings is 1. The van der Waals surface area contributed by atoms with E-state index < -0.39 is 17.8 Å². The lowest BCUT2D eigenvalue weighted by Gasteiger charge is -2.30. The Balaban J connectivity index is 1.52. The van der Waals surface area contributed by atoms with Crippen LogP contribution < -0.4 is 10.4 Å². The molecule has 0 saturated heterocycles. The number of aryl methyl sites for hydroxylation is 1. The molecule has 0 aliphatic heterocycles. The van der Waals surface area contributed by atoms with Gasteiger partial charge in [0.25, 0.3) is 0 Å². The van der Waals surface area contributed by atoms with Gasteiger partial charge in [-0.3, -0.25) is 4.79 Å². The smallest absolute Gasteiger partial charge is 0.230 e. The molecule has 1 amide bonds. The normalized spacial score (nSPS) is 26.0. The molecule has 1 aromatic heterocycles. The summed E-state index contributed by atoms with van der Waals surface area (Å²) in [6.07, 6.45) is 2.64. The summed E-state index contributed by atoms with van der Waals surface area (Å²) in [5, 5.41) is 15.0. The minimum absolute atomic E-state index is 0.0822. The van der Waals surface area contributed by atoms with Gasteiger partial charge < -0.3 is 15.2 Å². The molecule has 6 heteroatoms. The molecule has 28 heavy (non-hydrogen) atoms. The molecule has 2 saturated carbocycles. The third-order valence-corrected chi connectivity index (χ3v) is 7.26. The van der Waals surface area contributed by atoms with Gasteiger partial charge in [-0.1, -0.05) is 38.1 Å². The Morgan fingerprint density at radius 2 is 1.79 bits per heavy atom. The molecule has 4 rings (SSSR count). The summed E-state index contributed by atoms with van der Waals surface area (Å²) in [7, 11) is 0. The number of carboxylic acids is 1. The maximum absolute atomic E-state index is 12.9. The van der Waals surface area contributed by atoms with Gasteiger partial charge in [0.1, 0.15) is 0 Å². The number of nitrogens with zero attached hydrogens (tertiary/aromatic N) is 1. The highest BCUT2D eigenvalue weighted by Gasteiger charge is 2.51. The Bertz CT molecular complexity index is 903. The van der Waals surface area contributed by atoms with Crippen LogP contribution in [0.3, 0.4) is 0 Å². The van der Waals surface area contributed by atoms with Crippen LogP contribution in [-0.4, -0.2) is 16.9 Å². The van der Waals surface area contributed by atoms with Crippen LogP contribution in [0, 0.1) is 30.6 Å². The van der Waals surface area contributed by atoms with E-state index in [0.717, 1.165) is 35.4 Å². The van der Waals surface area contributed by atoms with E-state index in [-0.39, 0.29) is 17.7 Å². The van der Waals surface area contributed by atoms with Crippen LogP contribution in [0.25, 0.3) is 11.3 Å². The summed E-state index contributed by atoms with van der Waals surface area (Å²) in [4.78, 5) is 30.1. The Labute approximate surface area is 169 Å². The van der Waals surface area contributed by atoms with Gasteiger partial charge >= 0.3 is 0 Å². The van der Waals surface area contributed by atoms with Crippen molar-refractivity contribution in [3.63, 3.8) is 0 Å². The van der Waals surface area contributed by atoms with Crippen molar-refractivity contribution in [1.29, 1.82) is 0 Å². The summed E-state index contributed by atoms with van der Waals surface area (Å²) in [6.45, 7) is 6.30. The van der Waals surface area contributed by atoms with Gasteiger partial charge in [-0.15, -0.1) is 11.3 Å². The number of aromatic nitrogens is 1. The monoisotopic (exact) mass is 397 g/mol. The average molecular weight is 398 g/mol. The number of nitrogens with one attached hydrogen (secondary N) is 1. The number of rotatable bonds is 5. The van der Waals surface area contributed by atoms with Crippen molar-refractivity contribution in [2.24, 2.45) is 23.7 Å². The van der Waals surface area contributed by atoms with Crippen LogP contribution in [0.2, 0.25) is 0 Å². The fraction of sp³-hybridized carbons (Fsp3) is 0.500. The van der Waals surface area contributed by atoms with Crippen molar-refractivity contribution in [1.82, 2.24) is 4.98 Å². The predicted molar refractivity (Wildman–Crippen MR) is 108 cm³/mol. The quantitative estimate of drug-likeness (QED) is 0.836. The first-order valence-corrected chi connectivity index (χ1v) is 10.8. The van der Waals surface area contributed by atoms with Crippen LogP contribution in [0.1, 0.15) is 49.5 Å². The molecular formula is C22H25N2O3S-. The lowest BCUT2D eigenvalue weighted by Crippen LogP contribution is -2.43. The first-order chi connectivity index (χ1) is 13.3. The Morgan fingerprint density at radius 3 is 2.39 bits per heavy atom. The van der Waals surface area contributed by atoms with Crippen LogP contribution in [-0.2, 0) is 9.59 Å². The zero-order valence-electron chi connectivity index (χ0n) is 16.4. The van der Waals surface area contributed by atoms with Crippen LogP contribution in [0.5, 0.6) is 0 Å². The first-order valence-electron chi connectivity index (χ1n) is 9.94. The molecule has 2 fully saturated rings. The van der Waals surface area contributed by atoms with Crippen molar-refractivity contribution in [2.45, 2.75) is 46.0 Å². The molecule has 4 atom stereocenters. The van der Waals surface area contributed by atoms with Crippen LogP contribution >= 0.6 is 11.3 Å². The van der Waals surface area contributed by atoms with E-state index in [1.807, 2.05) is 6.92 Å². The molecule has 2 bridgehead atoms. The standard InChI is InChI=1S/C22H26N2O3S/c1-11(2)13-4-6-14(7-5-13)19-12(3)28-22(23-19)24-20(25)17-15-8-9-16(10-15)18(17)21(26)27/h4-7,11,15-18H,8-10H2,1-3H3,(H,26,27)(H,23,24,25)/p-1/t15-,16+,17+,18+/m1/s1. The first kappa shape index (κ1) is 19.1. The molecule has 0 spiro atoms. The maximum Gasteiger partial charge on any atom is 0.230 e. The summed E-state index contributed by atoms with van der Waals surface area (Å²) in [6, 6.07) is 8.34. The van der Waals surface area contributed by atoms with E-state index in [1.165, 1.54) is 16.9 Å². The minimum Gasteiger partial charge on any atom is -0.550 e. The SMILES string of the molecule is Cc1sc(NC(=O)[C@H]2[C@@H]3CC[C@@H](C3)[C@@H]2C(=O)[O-])nc1-c1ccc(C(C)C)cc1. The number of carbonyl (C=O) groups excluding carboxylic acids is 2. The topological polar surface area (TPSA) is 82.1 Å². The van der Waals surface area contributed by atoms with Crippen LogP contribution in [0.4, 0.5) is 5.13 Å². The lowest BCUT2D eigenvalue weighted by molar-refractivity contribution is -0.314. The molecule has 1 aromatic carbocycles. The van der Waals surface area contributed by atoms with E-state index in [4.69, 9.17) is 0 Å². The summed E-state index contributed by atoms with van der Waals surface area (Å²) < 4.78 is 0. The number of benzene rings is 1. The van der Waals surface area contributed by atoms with Crippen LogP contribution in [0.15, 0.2) is 24.3 Å². The van der Waals surface area contributed by atoms with Crippen molar-refractivity contribution in [3.8, 4) is 11.3 Å². The van der Waals surface area contributed by atoms with Crippen molar-refractivity contribution < 1.29 is 14.7 Å². The number of amides is 1. The zero-order chi connectivity index (χ0) is 20.0. The highest BCUT2D eigenvalue weighted by molar-refractivity contribution is 7.16. The van der Waals surface area contributed by atoms with Gasteiger partial charge in [0.15, 0.2) is 5.13 Å². The molecule has 148 valence electrons. The van der Waals surface area contributed by atoms with Gasteiger partial charge in [0.05, 0.1) is 5.69 Å². The summed E-state index contributed by atoms with van der Waals surface area (Å²) >= 11 is 1.43. The predicted octanol–water partition coefficient (Wildman–Crippen LogP) is 3.59. The number of carboxylic acid groups (broad SMARTS) is 1. The second kappa shape index (κ2) is 7.32. The van der Waals surface area contributed by atoms with Crippen molar-refractivity contribution in [2.75, 3.05) is 5.32 Å². The Hall–Kier alpha value is -2.21. The molecule has 0 unspecified atom stereocenters. The number of anilines is 1. The Kier molecular flexibility index (Phi) is 5.00. The minimum atomic E-state index is -1.09. The second-order valence-corrected chi connectivity index (χ2v) is 9.60. The molecule has 5 nitrogen and oxygen atoms in total. The largest absolute Gasteiger partial charge is 0.550 e. The van der Waals surface area contributed by atoms with Gasteiger partial charge in [0.2, 0.25) is 5.91 Å². The van der Waals surface area contributed by atoms with Gasteiger partial charge in [-0.05, 0) is 49.5 Å². The number of hydrogen-bond donors (Lipinski definition) is 1. The number of aliphatic carboxylic acids is 1. The van der Waals surface area contributed by atoms with Gasteiger partial charge in [-0.2, -0.15) is 0 Å². The van der Waals surface area contributed by atoms with Gasteiger partial charge in [-0.25, -0.2) is 4.98 Å². The van der Waals surface area contributed by atoms with E-state index in [1.54, 1.807) is 0 Å². The van der Waals surface area contributed by atoms with E-state index >= 15 is 0 Å². The van der Waals surface area contributed by atoms with Crippen molar-refractivity contribution in [3.05, 3.63) is 34.7 Å². The third kappa shape index (κ3) is 3.34. The molecule has 1 N–H and O–H groups in total. The molecule has 2 aromatic rings. The maximum atomic E-state index is 12.9. The molecule has 2 aliphatic carbocycles. The lowest BCUT2D eigenvalue weighted by atomic mass is 9.79. The fourth-order valence-corrected chi connectivity index (χ4v) is 5.78. The number of carbonyl (C=O) groups is 2. The average Bonchev–Trinajstić information content (AvgIpc) is 3.35. The number of hydrogen-bond acceptors (Lipinski definition) is 5. The van der Waals surface area contributed by atoms with Gasteiger partial charge in [0, 0.05) is 28.2 Å². The third-order valence-electron chi connectivity index (χ3n) is 6.37. The number of fused-ring (bicyclic) bond motifs is 2. The molecular weight excluding hydrogens is 372 g/mol. The Morgan fingerprint density at radius 1 is 1.14 bits per heavy atom. The van der Waals surface area contributed by atoms with E-state index in [0.29, 0.717) is 11.0 Å². The van der Waals surface area contributed by atoms with E-state index in [9.17, 15) is 14.7 Å². The highest BCUT2D eigenvalue weighted by atomic mass is 32.1. The molecule has 1 heterocycles. The highest BCUT2D eigenvalue weighted by Crippen LogP contribution is 2.52. The molecule has 2 aliphatic rings. The molecule has 0 radical (unpaired) electrons. The summed E-state index contributed by atoms with van der Waals surface area (Å²) in [5.74, 6) is -1.77. The van der Waals surface area contributed by atoms with E-state index in [2.05, 4.69) is 48.4 Å². The summed E-state index contributed by atoms with van der Waals surface area (Å²) in [5.41, 5.74) is 3.15. The second-order valence-electron chi connectivity index (χ2n) is 8.39. The zero-order valence-corrected chi connectivity index (χ0v) is 17.2. The fourth-order valence-electron chi connectivity index (χ4n) is 4.94. The van der Waals surface area contributed by atoms with Crippen molar-refractivity contribution >= 4 is 28.3 Å².